The molecule has 0 saturated heterocycles. The molecule has 3 rings (SSSR count). The predicted octanol–water partition coefficient (Wildman–Crippen LogP) is 4.56. The van der Waals surface area contributed by atoms with Crippen molar-refractivity contribution in [3.63, 3.8) is 0 Å². The Bertz CT molecular complexity index is 671. The van der Waals surface area contributed by atoms with E-state index in [-0.39, 0.29) is 5.25 Å². The van der Waals surface area contributed by atoms with Crippen molar-refractivity contribution in [3.05, 3.63) is 108 Å². The molecule has 2 heteroatoms. The lowest BCUT2D eigenvalue weighted by molar-refractivity contribution is 0.526. The summed E-state index contributed by atoms with van der Waals surface area (Å²) in [5.74, 6) is 0. The van der Waals surface area contributed by atoms with E-state index in [0.29, 0.717) is 0 Å². The maximum absolute atomic E-state index is 6.94. The van der Waals surface area contributed by atoms with Gasteiger partial charge in [-0.05, 0) is 16.7 Å². The van der Waals surface area contributed by atoms with Gasteiger partial charge in [-0.3, -0.25) is 0 Å². The molecule has 0 bridgehead atoms. The molecule has 2 N–H and O–H groups in total. The molecule has 0 aliphatic heterocycles. The molecule has 1 unspecified atom stereocenters. The van der Waals surface area contributed by atoms with Gasteiger partial charge in [0.15, 0.2) is 0 Å². The maximum Gasteiger partial charge on any atom is 0.0824 e. The SMILES string of the molecule is NC(c1ccccc1)(c1ccccc1)C(S)c1ccccc1. The monoisotopic (exact) mass is 305 g/mol. The molecule has 3 aromatic carbocycles. The van der Waals surface area contributed by atoms with Gasteiger partial charge in [0.05, 0.1) is 10.8 Å². The van der Waals surface area contributed by atoms with Crippen molar-refractivity contribution in [2.24, 2.45) is 5.73 Å². The van der Waals surface area contributed by atoms with Crippen LogP contribution < -0.4 is 5.73 Å². The summed E-state index contributed by atoms with van der Waals surface area (Å²) < 4.78 is 0. The normalized spacial score (nSPS) is 12.8. The van der Waals surface area contributed by atoms with E-state index in [2.05, 4.69) is 36.4 Å². The quantitative estimate of drug-likeness (QED) is 0.679. The molecule has 0 aromatic heterocycles. The van der Waals surface area contributed by atoms with Gasteiger partial charge in [0.25, 0.3) is 0 Å². The van der Waals surface area contributed by atoms with Gasteiger partial charge in [0, 0.05) is 0 Å². The molecule has 0 heterocycles. The highest BCUT2D eigenvalue weighted by Crippen LogP contribution is 2.42. The highest BCUT2D eigenvalue weighted by Gasteiger charge is 2.37. The topological polar surface area (TPSA) is 26.0 Å². The predicted molar refractivity (Wildman–Crippen MR) is 96.0 cm³/mol. The van der Waals surface area contributed by atoms with Crippen LogP contribution in [0.25, 0.3) is 0 Å². The van der Waals surface area contributed by atoms with Crippen LogP contribution in [0, 0.1) is 0 Å². The second kappa shape index (κ2) is 6.39. The van der Waals surface area contributed by atoms with Gasteiger partial charge < -0.3 is 5.73 Å². The lowest BCUT2D eigenvalue weighted by Gasteiger charge is -2.36. The molecule has 0 aliphatic carbocycles. The first-order valence-electron chi connectivity index (χ1n) is 7.36. The zero-order valence-corrected chi connectivity index (χ0v) is 13.2. The zero-order chi connectivity index (χ0) is 15.4. The molecule has 0 spiro atoms. The molecule has 1 nitrogen and oxygen atoms in total. The molecular weight excluding hydrogens is 286 g/mol. The van der Waals surface area contributed by atoms with Crippen LogP contribution in [-0.2, 0) is 5.54 Å². The van der Waals surface area contributed by atoms with E-state index in [1.165, 1.54) is 0 Å². The van der Waals surface area contributed by atoms with Gasteiger partial charge in [0.2, 0.25) is 0 Å². The van der Waals surface area contributed by atoms with Crippen molar-refractivity contribution < 1.29 is 0 Å². The Labute approximate surface area is 137 Å². The summed E-state index contributed by atoms with van der Waals surface area (Å²) >= 11 is 4.90. The molecule has 0 saturated carbocycles. The third-order valence-corrected chi connectivity index (χ3v) is 4.75. The molecule has 0 amide bonds. The second-order valence-corrected chi connectivity index (χ2v) is 5.93. The minimum atomic E-state index is -0.688. The Kier molecular flexibility index (Phi) is 4.32. The van der Waals surface area contributed by atoms with Crippen LogP contribution >= 0.6 is 12.6 Å². The van der Waals surface area contributed by atoms with Crippen molar-refractivity contribution >= 4 is 12.6 Å². The number of thiol groups is 1. The summed E-state index contributed by atoms with van der Waals surface area (Å²) in [6.07, 6.45) is 0. The van der Waals surface area contributed by atoms with E-state index in [0.717, 1.165) is 16.7 Å². The van der Waals surface area contributed by atoms with Gasteiger partial charge in [0.1, 0.15) is 0 Å². The van der Waals surface area contributed by atoms with E-state index < -0.39 is 5.54 Å². The van der Waals surface area contributed by atoms with Crippen molar-refractivity contribution in [3.8, 4) is 0 Å². The average Bonchev–Trinajstić information content (AvgIpc) is 2.62. The standard InChI is InChI=1S/C20H19NS/c21-20(17-12-6-2-7-13-17,18-14-8-3-9-15-18)19(22)16-10-4-1-5-11-16/h1-15,19,22H,21H2. The third-order valence-electron chi connectivity index (χ3n) is 4.05. The first-order chi connectivity index (χ1) is 10.7. The van der Waals surface area contributed by atoms with Crippen LogP contribution in [0.1, 0.15) is 21.9 Å². The summed E-state index contributed by atoms with van der Waals surface area (Å²) in [5.41, 5.74) is 9.48. The number of benzene rings is 3. The lowest BCUT2D eigenvalue weighted by atomic mass is 9.78. The number of hydrogen-bond acceptors (Lipinski definition) is 2. The number of hydrogen-bond donors (Lipinski definition) is 2. The molecule has 1 atom stereocenters. The Morgan fingerprint density at radius 2 is 1.00 bits per heavy atom. The fourth-order valence-electron chi connectivity index (χ4n) is 2.81. The summed E-state index contributed by atoms with van der Waals surface area (Å²) in [6.45, 7) is 0. The molecule has 0 fully saturated rings. The Morgan fingerprint density at radius 3 is 1.41 bits per heavy atom. The fourth-order valence-corrected chi connectivity index (χ4v) is 3.28. The van der Waals surface area contributed by atoms with Gasteiger partial charge in [-0.15, -0.1) is 0 Å². The minimum absolute atomic E-state index is 0.140. The lowest BCUT2D eigenvalue weighted by Crippen LogP contribution is -2.42. The minimum Gasteiger partial charge on any atom is -0.317 e. The first kappa shape index (κ1) is 14.9. The second-order valence-electron chi connectivity index (χ2n) is 5.41. The summed E-state index contributed by atoms with van der Waals surface area (Å²) in [7, 11) is 0. The van der Waals surface area contributed by atoms with Crippen molar-refractivity contribution in [2.45, 2.75) is 10.8 Å². The number of rotatable bonds is 4. The summed E-state index contributed by atoms with van der Waals surface area (Å²) in [5, 5.41) is -0.140. The molecule has 0 aliphatic rings. The van der Waals surface area contributed by atoms with E-state index in [4.69, 9.17) is 18.4 Å². The average molecular weight is 305 g/mol. The smallest absolute Gasteiger partial charge is 0.0824 e. The number of nitrogens with two attached hydrogens (primary N) is 1. The van der Waals surface area contributed by atoms with E-state index in [9.17, 15) is 0 Å². The first-order valence-corrected chi connectivity index (χ1v) is 7.87. The Balaban J connectivity index is 2.16. The van der Waals surface area contributed by atoms with Crippen LogP contribution in [0.5, 0.6) is 0 Å². The van der Waals surface area contributed by atoms with E-state index >= 15 is 0 Å². The van der Waals surface area contributed by atoms with Crippen LogP contribution in [0.3, 0.4) is 0 Å². The van der Waals surface area contributed by atoms with Gasteiger partial charge in [-0.25, -0.2) is 0 Å². The van der Waals surface area contributed by atoms with E-state index in [1.54, 1.807) is 0 Å². The highest BCUT2D eigenvalue weighted by atomic mass is 32.1. The van der Waals surface area contributed by atoms with Crippen LogP contribution in [0.2, 0.25) is 0 Å². The van der Waals surface area contributed by atoms with Crippen LogP contribution in [0.4, 0.5) is 0 Å². The third kappa shape index (κ3) is 2.68. The summed E-state index contributed by atoms with van der Waals surface area (Å²) in [4.78, 5) is 0. The molecule has 0 radical (unpaired) electrons. The molecular formula is C20H19NS. The van der Waals surface area contributed by atoms with Gasteiger partial charge in [-0.1, -0.05) is 91.0 Å². The van der Waals surface area contributed by atoms with E-state index in [1.807, 2.05) is 54.6 Å². The zero-order valence-electron chi connectivity index (χ0n) is 12.3. The molecule has 22 heavy (non-hydrogen) atoms. The van der Waals surface area contributed by atoms with Crippen molar-refractivity contribution in [2.75, 3.05) is 0 Å². The largest absolute Gasteiger partial charge is 0.317 e. The molecule has 3 aromatic rings. The maximum atomic E-state index is 6.94. The van der Waals surface area contributed by atoms with Crippen LogP contribution in [0.15, 0.2) is 91.0 Å². The van der Waals surface area contributed by atoms with Gasteiger partial charge >= 0.3 is 0 Å². The summed E-state index contributed by atoms with van der Waals surface area (Å²) in [6, 6.07) is 30.6. The Morgan fingerprint density at radius 1 is 0.636 bits per heavy atom. The van der Waals surface area contributed by atoms with Crippen LogP contribution in [-0.4, -0.2) is 0 Å². The Hall–Kier alpha value is -2.03. The van der Waals surface area contributed by atoms with Crippen molar-refractivity contribution in [1.82, 2.24) is 0 Å². The van der Waals surface area contributed by atoms with Crippen molar-refractivity contribution in [1.29, 1.82) is 0 Å². The highest BCUT2D eigenvalue weighted by molar-refractivity contribution is 7.80. The van der Waals surface area contributed by atoms with Gasteiger partial charge in [-0.2, -0.15) is 12.6 Å². The molecule has 110 valence electrons. The fraction of sp³-hybridized carbons (Fsp3) is 0.100.